The Morgan fingerprint density at radius 3 is 2.30 bits per heavy atom. The average molecular weight is 362 g/mol. The number of rotatable bonds is 8. The van der Waals surface area contributed by atoms with Gasteiger partial charge in [0.05, 0.1) is 5.69 Å². The van der Waals surface area contributed by atoms with Crippen molar-refractivity contribution in [2.75, 3.05) is 13.1 Å². The van der Waals surface area contributed by atoms with Crippen LogP contribution >= 0.6 is 0 Å². The van der Waals surface area contributed by atoms with E-state index in [9.17, 15) is 4.79 Å². The van der Waals surface area contributed by atoms with E-state index in [1.807, 2.05) is 30.3 Å². The van der Waals surface area contributed by atoms with Crippen LogP contribution in [0.2, 0.25) is 0 Å². The van der Waals surface area contributed by atoms with Crippen LogP contribution in [-0.4, -0.2) is 33.7 Å². The van der Waals surface area contributed by atoms with Gasteiger partial charge >= 0.3 is 0 Å². The lowest BCUT2D eigenvalue weighted by Crippen LogP contribution is -2.23. The second-order valence-corrected chi connectivity index (χ2v) is 6.44. The van der Waals surface area contributed by atoms with Gasteiger partial charge < -0.3 is 5.32 Å². The molecule has 1 heterocycles. The normalized spacial score (nSPS) is 10.9. The van der Waals surface area contributed by atoms with Gasteiger partial charge in [-0.1, -0.05) is 56.3 Å². The van der Waals surface area contributed by atoms with Gasteiger partial charge in [0.1, 0.15) is 0 Å². The highest BCUT2D eigenvalue weighted by atomic mass is 16.1. The molecule has 5 nitrogen and oxygen atoms in total. The number of nitrogens with zero attached hydrogens (tertiary/aromatic N) is 3. The highest BCUT2D eigenvalue weighted by molar-refractivity contribution is 5.92. The molecule has 0 radical (unpaired) electrons. The molecule has 2 aromatic carbocycles. The first-order valence-electron chi connectivity index (χ1n) is 9.39. The number of hydrogen-bond acceptors (Lipinski definition) is 3. The predicted octanol–water partition coefficient (Wildman–Crippen LogP) is 3.64. The van der Waals surface area contributed by atoms with E-state index in [0.29, 0.717) is 12.2 Å². The first kappa shape index (κ1) is 18.9. The number of aromatic nitrogens is 2. The molecule has 3 rings (SSSR count). The highest BCUT2D eigenvalue weighted by Gasteiger charge is 2.10. The van der Waals surface area contributed by atoms with Crippen molar-refractivity contribution in [1.29, 1.82) is 0 Å². The van der Waals surface area contributed by atoms with Gasteiger partial charge in [0, 0.05) is 19.3 Å². The zero-order valence-corrected chi connectivity index (χ0v) is 15.9. The SMILES string of the molecule is CCN(CC)Cc1ccc(CNC(=O)c2ccn(-c3ccccc3)n2)cc1. The minimum absolute atomic E-state index is 0.170. The number of hydrogen-bond donors (Lipinski definition) is 1. The Balaban J connectivity index is 1.55. The van der Waals surface area contributed by atoms with Crippen LogP contribution in [-0.2, 0) is 13.1 Å². The predicted molar refractivity (Wildman–Crippen MR) is 108 cm³/mol. The molecule has 1 aromatic heterocycles. The minimum atomic E-state index is -0.170. The summed E-state index contributed by atoms with van der Waals surface area (Å²) >= 11 is 0. The van der Waals surface area contributed by atoms with E-state index in [0.717, 1.165) is 30.9 Å². The summed E-state index contributed by atoms with van der Waals surface area (Å²) in [6.07, 6.45) is 1.80. The number of nitrogens with one attached hydrogen (secondary N) is 1. The van der Waals surface area contributed by atoms with Gasteiger partial charge in [0.25, 0.3) is 5.91 Å². The van der Waals surface area contributed by atoms with Crippen molar-refractivity contribution in [1.82, 2.24) is 20.0 Å². The van der Waals surface area contributed by atoms with Crippen molar-refractivity contribution in [3.8, 4) is 5.69 Å². The summed E-state index contributed by atoms with van der Waals surface area (Å²) in [7, 11) is 0. The molecule has 0 bridgehead atoms. The van der Waals surface area contributed by atoms with Crippen molar-refractivity contribution in [3.05, 3.63) is 83.7 Å². The molecule has 1 amide bonds. The van der Waals surface area contributed by atoms with Gasteiger partial charge in [-0.3, -0.25) is 9.69 Å². The third kappa shape index (κ3) is 5.05. The molecule has 0 saturated carbocycles. The van der Waals surface area contributed by atoms with Gasteiger partial charge in [0.15, 0.2) is 5.69 Å². The van der Waals surface area contributed by atoms with E-state index in [4.69, 9.17) is 0 Å². The van der Waals surface area contributed by atoms with E-state index < -0.39 is 0 Å². The quantitative estimate of drug-likeness (QED) is 0.665. The van der Waals surface area contributed by atoms with Gasteiger partial charge in [-0.05, 0) is 42.4 Å². The van der Waals surface area contributed by atoms with Gasteiger partial charge in [0.2, 0.25) is 0 Å². The maximum atomic E-state index is 12.4. The number of amides is 1. The molecule has 0 fully saturated rings. The summed E-state index contributed by atoms with van der Waals surface area (Å²) in [6.45, 7) is 7.88. The maximum Gasteiger partial charge on any atom is 0.272 e. The van der Waals surface area contributed by atoms with Crippen LogP contribution in [0.1, 0.15) is 35.5 Å². The number of carbonyl (C=O) groups is 1. The molecule has 0 aliphatic carbocycles. The molecule has 5 heteroatoms. The second-order valence-electron chi connectivity index (χ2n) is 6.44. The van der Waals surface area contributed by atoms with E-state index in [2.05, 4.69) is 53.4 Å². The van der Waals surface area contributed by atoms with Crippen molar-refractivity contribution < 1.29 is 4.79 Å². The van der Waals surface area contributed by atoms with Crippen LogP contribution in [0.25, 0.3) is 5.69 Å². The third-order valence-corrected chi connectivity index (χ3v) is 4.62. The van der Waals surface area contributed by atoms with Gasteiger partial charge in [-0.2, -0.15) is 5.10 Å². The molecule has 0 saturated heterocycles. The summed E-state index contributed by atoms with van der Waals surface area (Å²) in [6, 6.07) is 19.9. The summed E-state index contributed by atoms with van der Waals surface area (Å²) in [4.78, 5) is 14.7. The topological polar surface area (TPSA) is 50.2 Å². The molecular formula is C22H26N4O. The molecular weight excluding hydrogens is 336 g/mol. The van der Waals surface area contributed by atoms with Crippen LogP contribution in [0.15, 0.2) is 66.9 Å². The fourth-order valence-corrected chi connectivity index (χ4v) is 2.91. The monoisotopic (exact) mass is 362 g/mol. The molecule has 0 aliphatic heterocycles. The number of carbonyl (C=O) groups excluding carboxylic acids is 1. The number of benzene rings is 2. The fraction of sp³-hybridized carbons (Fsp3) is 0.273. The Morgan fingerprint density at radius 1 is 0.963 bits per heavy atom. The Hall–Kier alpha value is -2.92. The molecule has 1 N–H and O–H groups in total. The maximum absolute atomic E-state index is 12.4. The highest BCUT2D eigenvalue weighted by Crippen LogP contribution is 2.09. The first-order chi connectivity index (χ1) is 13.2. The van der Waals surface area contributed by atoms with Crippen molar-refractivity contribution in [2.45, 2.75) is 26.9 Å². The fourth-order valence-electron chi connectivity index (χ4n) is 2.91. The molecule has 0 spiro atoms. The Bertz CT molecular complexity index is 852. The van der Waals surface area contributed by atoms with Crippen molar-refractivity contribution >= 4 is 5.91 Å². The van der Waals surface area contributed by atoms with Crippen LogP contribution in [0.4, 0.5) is 0 Å². The molecule has 0 aliphatic rings. The molecule has 0 atom stereocenters. The van der Waals surface area contributed by atoms with Crippen molar-refractivity contribution in [2.24, 2.45) is 0 Å². The summed E-state index contributed by atoms with van der Waals surface area (Å²) < 4.78 is 1.71. The van der Waals surface area contributed by atoms with E-state index in [1.165, 1.54) is 5.56 Å². The van der Waals surface area contributed by atoms with Gasteiger partial charge in [-0.15, -0.1) is 0 Å². The van der Waals surface area contributed by atoms with Crippen LogP contribution < -0.4 is 5.32 Å². The zero-order chi connectivity index (χ0) is 19.1. The first-order valence-corrected chi connectivity index (χ1v) is 9.39. The molecule has 0 unspecified atom stereocenters. The zero-order valence-electron chi connectivity index (χ0n) is 15.9. The number of para-hydroxylation sites is 1. The minimum Gasteiger partial charge on any atom is -0.347 e. The molecule has 140 valence electrons. The van der Waals surface area contributed by atoms with E-state index in [-0.39, 0.29) is 5.91 Å². The van der Waals surface area contributed by atoms with E-state index in [1.54, 1.807) is 16.9 Å². The van der Waals surface area contributed by atoms with Crippen LogP contribution in [0.5, 0.6) is 0 Å². The van der Waals surface area contributed by atoms with E-state index >= 15 is 0 Å². The average Bonchev–Trinajstić information content (AvgIpc) is 3.22. The standard InChI is InChI=1S/C22H26N4O/c1-3-25(4-2)17-19-12-10-18(11-13-19)16-23-22(27)21-14-15-26(24-21)20-8-6-5-7-9-20/h5-15H,3-4,16-17H2,1-2H3,(H,23,27). The van der Waals surface area contributed by atoms with Gasteiger partial charge in [-0.25, -0.2) is 4.68 Å². The second kappa shape index (κ2) is 9.14. The lowest BCUT2D eigenvalue weighted by molar-refractivity contribution is 0.0945. The van der Waals surface area contributed by atoms with Crippen LogP contribution in [0, 0.1) is 0 Å². The summed E-state index contributed by atoms with van der Waals surface area (Å²) in [5.74, 6) is -0.170. The molecule has 27 heavy (non-hydrogen) atoms. The Kier molecular flexibility index (Phi) is 6.39. The lowest BCUT2D eigenvalue weighted by Gasteiger charge is -2.18. The lowest BCUT2D eigenvalue weighted by atomic mass is 10.1. The molecule has 3 aromatic rings. The largest absolute Gasteiger partial charge is 0.347 e. The summed E-state index contributed by atoms with van der Waals surface area (Å²) in [5, 5.41) is 7.29. The Morgan fingerprint density at radius 2 is 1.63 bits per heavy atom. The summed E-state index contributed by atoms with van der Waals surface area (Å²) in [5.41, 5.74) is 3.71. The van der Waals surface area contributed by atoms with Crippen LogP contribution in [0.3, 0.4) is 0 Å². The Labute approximate surface area is 160 Å². The third-order valence-electron chi connectivity index (χ3n) is 4.62. The van der Waals surface area contributed by atoms with Crippen molar-refractivity contribution in [3.63, 3.8) is 0 Å². The smallest absolute Gasteiger partial charge is 0.272 e.